The number of hydrogen-bond donors (Lipinski definition) is 1. The van der Waals surface area contributed by atoms with Gasteiger partial charge in [-0.2, -0.15) is 0 Å². The molecule has 2 aromatic carbocycles. The number of aliphatic hydroxyl groups is 1. The molecule has 3 aromatic rings. The number of nitrogens with zero attached hydrogens (tertiary/aromatic N) is 2. The Labute approximate surface area is 166 Å². The summed E-state index contributed by atoms with van der Waals surface area (Å²) in [5.41, 5.74) is 1.04. The summed E-state index contributed by atoms with van der Waals surface area (Å²) in [5, 5.41) is 11.3. The number of para-hydroxylation sites is 1. The Morgan fingerprint density at radius 3 is 2.85 bits per heavy atom. The van der Waals surface area contributed by atoms with Crippen LogP contribution in [0.25, 0.3) is 10.9 Å². The van der Waals surface area contributed by atoms with E-state index >= 15 is 0 Å². The molecule has 1 heterocycles. The third kappa shape index (κ3) is 4.50. The van der Waals surface area contributed by atoms with Gasteiger partial charge < -0.3 is 9.84 Å². The summed E-state index contributed by atoms with van der Waals surface area (Å²) in [5.74, 6) is 0.680. The highest BCUT2D eigenvalue weighted by Crippen LogP contribution is 2.24. The molecule has 0 aliphatic heterocycles. The van der Waals surface area contributed by atoms with Crippen molar-refractivity contribution in [2.45, 2.75) is 19.1 Å². The molecule has 0 saturated carbocycles. The minimum absolute atomic E-state index is 0.0366. The zero-order chi connectivity index (χ0) is 19.4. The van der Waals surface area contributed by atoms with Crippen molar-refractivity contribution in [3.63, 3.8) is 0 Å². The van der Waals surface area contributed by atoms with Crippen molar-refractivity contribution in [3.8, 4) is 5.75 Å². The first-order valence-corrected chi connectivity index (χ1v) is 9.09. The van der Waals surface area contributed by atoms with Crippen molar-refractivity contribution >= 4 is 34.1 Å². The van der Waals surface area contributed by atoms with E-state index in [9.17, 15) is 9.90 Å². The van der Waals surface area contributed by atoms with Gasteiger partial charge >= 0.3 is 0 Å². The van der Waals surface area contributed by atoms with Gasteiger partial charge in [-0.1, -0.05) is 47.5 Å². The number of aromatic nitrogens is 2. The number of allylic oxidation sites excluding steroid dienone is 1. The fraction of sp³-hybridized carbons (Fsp3) is 0.200. The first-order valence-electron chi connectivity index (χ1n) is 8.33. The van der Waals surface area contributed by atoms with Crippen LogP contribution in [0, 0.1) is 0 Å². The van der Waals surface area contributed by atoms with Crippen LogP contribution in [-0.4, -0.2) is 27.4 Å². The van der Waals surface area contributed by atoms with Gasteiger partial charge in [-0.15, -0.1) is 6.58 Å². The highest BCUT2D eigenvalue weighted by atomic mass is 35.5. The molecule has 0 fully saturated rings. The fourth-order valence-corrected chi connectivity index (χ4v) is 3.30. The molecule has 0 bridgehead atoms. The Kier molecular flexibility index (Phi) is 6.16. The lowest BCUT2D eigenvalue weighted by Crippen LogP contribution is -2.30. The van der Waals surface area contributed by atoms with E-state index in [-0.39, 0.29) is 18.7 Å². The Balaban J connectivity index is 1.75. The number of halogens is 2. The minimum Gasteiger partial charge on any atom is -0.491 e. The van der Waals surface area contributed by atoms with Crippen molar-refractivity contribution in [1.29, 1.82) is 0 Å². The Hall–Kier alpha value is -2.34. The van der Waals surface area contributed by atoms with Gasteiger partial charge in [-0.05, 0) is 30.2 Å². The molecule has 0 aliphatic carbocycles. The monoisotopic (exact) mass is 404 g/mol. The van der Waals surface area contributed by atoms with E-state index in [2.05, 4.69) is 11.6 Å². The summed E-state index contributed by atoms with van der Waals surface area (Å²) in [6, 6.07) is 10.6. The van der Waals surface area contributed by atoms with Gasteiger partial charge in [0.2, 0.25) is 0 Å². The Morgan fingerprint density at radius 2 is 2.07 bits per heavy atom. The summed E-state index contributed by atoms with van der Waals surface area (Å²) in [6.45, 7) is 3.80. The van der Waals surface area contributed by atoms with Gasteiger partial charge in [0.05, 0.1) is 28.8 Å². The quantitative estimate of drug-likeness (QED) is 0.607. The number of ether oxygens (including phenoxy) is 1. The van der Waals surface area contributed by atoms with E-state index in [0.717, 1.165) is 5.56 Å². The summed E-state index contributed by atoms with van der Waals surface area (Å²) >= 11 is 12.1. The topological polar surface area (TPSA) is 64.3 Å². The second-order valence-corrected chi connectivity index (χ2v) is 6.89. The number of benzene rings is 2. The maximum absolute atomic E-state index is 12.6. The zero-order valence-electron chi connectivity index (χ0n) is 14.4. The van der Waals surface area contributed by atoms with Gasteiger partial charge in [-0.3, -0.25) is 9.36 Å². The molecule has 0 aliphatic rings. The molecule has 27 heavy (non-hydrogen) atoms. The lowest BCUT2D eigenvalue weighted by molar-refractivity contribution is 0.0911. The van der Waals surface area contributed by atoms with Crippen molar-refractivity contribution in [1.82, 2.24) is 9.55 Å². The average Bonchev–Trinajstić information content (AvgIpc) is 2.64. The standard InChI is InChI=1S/C20H18Cl2N2O3/c1-2-5-13-6-3-4-7-18(13)27-11-15(25)10-24-12-23-19-16(20(24)26)8-14(21)9-17(19)22/h2-4,6-9,12,15,25H,1,5,10-11H2. The second kappa shape index (κ2) is 8.57. The number of hydrogen-bond acceptors (Lipinski definition) is 4. The maximum Gasteiger partial charge on any atom is 0.261 e. The third-order valence-corrected chi connectivity index (χ3v) is 4.53. The number of fused-ring (bicyclic) bond motifs is 1. The SMILES string of the molecule is C=CCc1ccccc1OCC(O)Cn1cnc2c(Cl)cc(Cl)cc2c1=O. The first kappa shape index (κ1) is 19.4. The lowest BCUT2D eigenvalue weighted by atomic mass is 10.1. The van der Waals surface area contributed by atoms with E-state index in [1.54, 1.807) is 6.08 Å². The number of aliphatic hydroxyl groups excluding tert-OH is 1. The third-order valence-electron chi connectivity index (χ3n) is 4.02. The highest BCUT2D eigenvalue weighted by molar-refractivity contribution is 6.38. The largest absolute Gasteiger partial charge is 0.491 e. The molecule has 0 saturated heterocycles. The van der Waals surface area contributed by atoms with Crippen LogP contribution < -0.4 is 10.3 Å². The molecule has 7 heteroatoms. The van der Waals surface area contributed by atoms with Crippen LogP contribution in [0.4, 0.5) is 0 Å². The van der Waals surface area contributed by atoms with Gasteiger partial charge in [-0.25, -0.2) is 4.98 Å². The highest BCUT2D eigenvalue weighted by Gasteiger charge is 2.13. The molecule has 1 aromatic heterocycles. The minimum atomic E-state index is -0.895. The summed E-state index contributed by atoms with van der Waals surface area (Å²) in [7, 11) is 0. The first-order chi connectivity index (χ1) is 13.0. The summed E-state index contributed by atoms with van der Waals surface area (Å²) < 4.78 is 7.03. The van der Waals surface area contributed by atoms with Gasteiger partial charge in [0.1, 0.15) is 18.5 Å². The van der Waals surface area contributed by atoms with Gasteiger partial charge in [0.25, 0.3) is 5.56 Å². The van der Waals surface area contributed by atoms with Crippen LogP contribution in [0.2, 0.25) is 10.0 Å². The van der Waals surface area contributed by atoms with E-state index in [1.807, 2.05) is 24.3 Å². The van der Waals surface area contributed by atoms with Crippen LogP contribution in [-0.2, 0) is 13.0 Å². The predicted molar refractivity (Wildman–Crippen MR) is 108 cm³/mol. The lowest BCUT2D eigenvalue weighted by Gasteiger charge is -2.16. The normalized spacial score (nSPS) is 12.1. The van der Waals surface area contributed by atoms with Crippen molar-refractivity contribution in [2.75, 3.05) is 6.61 Å². The van der Waals surface area contributed by atoms with Crippen molar-refractivity contribution in [3.05, 3.63) is 81.3 Å². The van der Waals surface area contributed by atoms with Gasteiger partial charge in [0.15, 0.2) is 0 Å². The maximum atomic E-state index is 12.6. The summed E-state index contributed by atoms with van der Waals surface area (Å²) in [4.78, 5) is 16.8. The van der Waals surface area contributed by atoms with Gasteiger partial charge in [0, 0.05) is 5.02 Å². The molecule has 0 spiro atoms. The van der Waals surface area contributed by atoms with E-state index in [4.69, 9.17) is 27.9 Å². The molecule has 1 atom stereocenters. The van der Waals surface area contributed by atoms with Crippen molar-refractivity contribution in [2.24, 2.45) is 0 Å². The molecule has 3 rings (SSSR count). The fourth-order valence-electron chi connectivity index (χ4n) is 2.76. The van der Waals surface area contributed by atoms with Crippen molar-refractivity contribution < 1.29 is 9.84 Å². The average molecular weight is 405 g/mol. The zero-order valence-corrected chi connectivity index (χ0v) is 16.0. The molecule has 1 unspecified atom stereocenters. The van der Waals surface area contributed by atoms with Crippen LogP contribution in [0.15, 0.2) is 60.2 Å². The van der Waals surface area contributed by atoms with E-state index in [0.29, 0.717) is 33.1 Å². The van der Waals surface area contributed by atoms with E-state index in [1.165, 1.54) is 23.0 Å². The summed E-state index contributed by atoms with van der Waals surface area (Å²) in [6.07, 6.45) is 2.92. The number of rotatable bonds is 7. The molecule has 5 nitrogen and oxygen atoms in total. The molecular weight excluding hydrogens is 387 g/mol. The van der Waals surface area contributed by atoms with Crippen LogP contribution in [0.5, 0.6) is 5.75 Å². The second-order valence-electron chi connectivity index (χ2n) is 6.05. The molecular formula is C20H18Cl2N2O3. The van der Waals surface area contributed by atoms with E-state index < -0.39 is 6.10 Å². The Morgan fingerprint density at radius 1 is 1.30 bits per heavy atom. The molecule has 1 N–H and O–H groups in total. The smallest absolute Gasteiger partial charge is 0.261 e. The van der Waals surface area contributed by atoms with Crippen LogP contribution in [0.3, 0.4) is 0 Å². The molecule has 140 valence electrons. The molecule has 0 radical (unpaired) electrons. The molecule has 0 amide bonds. The van der Waals surface area contributed by atoms with Crippen LogP contribution >= 0.6 is 23.2 Å². The Bertz CT molecular complexity index is 1030. The predicted octanol–water partition coefficient (Wildman–Crippen LogP) is 3.87. The van der Waals surface area contributed by atoms with Crippen LogP contribution in [0.1, 0.15) is 5.56 Å².